The van der Waals surface area contributed by atoms with Crippen molar-refractivity contribution in [2.45, 2.75) is 40.3 Å². The summed E-state index contributed by atoms with van der Waals surface area (Å²) in [4.78, 5) is 8.99. The van der Waals surface area contributed by atoms with Gasteiger partial charge in [0.1, 0.15) is 18.2 Å². The molecule has 0 saturated carbocycles. The van der Waals surface area contributed by atoms with Crippen LogP contribution >= 0.6 is 0 Å². The minimum atomic E-state index is 0.541. The molecule has 0 amide bonds. The number of para-hydroxylation sites is 2. The molecule has 7 nitrogen and oxygen atoms in total. The van der Waals surface area contributed by atoms with Crippen LogP contribution in [-0.2, 0) is 17.8 Å². The van der Waals surface area contributed by atoms with E-state index in [2.05, 4.69) is 75.4 Å². The second-order valence-corrected chi connectivity index (χ2v) is 7.66. The standard InChI is InChI=1S/C25H35N5O2/c1-5-31-15-16-32-24-17-19(2)11-12-21(24)18-28-25(26-4)27-13-8-14-30-20(3)29-22-9-6-7-10-23(22)30/h6-7,9-12,17H,5,8,13-16,18H2,1-4H3,(H2,26,27,28). The minimum absolute atomic E-state index is 0.541. The molecule has 0 atom stereocenters. The monoisotopic (exact) mass is 437 g/mol. The van der Waals surface area contributed by atoms with Gasteiger partial charge in [-0.25, -0.2) is 4.98 Å². The number of imidazole rings is 1. The van der Waals surface area contributed by atoms with Crippen LogP contribution in [0.3, 0.4) is 0 Å². The Morgan fingerprint density at radius 2 is 1.94 bits per heavy atom. The van der Waals surface area contributed by atoms with Crippen LogP contribution in [0, 0.1) is 13.8 Å². The fourth-order valence-corrected chi connectivity index (χ4v) is 3.62. The number of nitrogens with zero attached hydrogens (tertiary/aromatic N) is 3. The molecule has 7 heteroatoms. The lowest BCUT2D eigenvalue weighted by Crippen LogP contribution is -2.37. The molecule has 2 N–H and O–H groups in total. The molecule has 172 valence electrons. The van der Waals surface area contributed by atoms with E-state index >= 15 is 0 Å². The average molecular weight is 438 g/mol. The van der Waals surface area contributed by atoms with Gasteiger partial charge in [0.05, 0.1) is 17.6 Å². The van der Waals surface area contributed by atoms with Gasteiger partial charge in [0.2, 0.25) is 0 Å². The van der Waals surface area contributed by atoms with Crippen molar-refractivity contribution in [2.24, 2.45) is 4.99 Å². The molecule has 2 aromatic carbocycles. The van der Waals surface area contributed by atoms with Gasteiger partial charge in [0.25, 0.3) is 0 Å². The predicted molar refractivity (Wildman–Crippen MR) is 130 cm³/mol. The first-order valence-corrected chi connectivity index (χ1v) is 11.3. The third kappa shape index (κ3) is 6.47. The van der Waals surface area contributed by atoms with E-state index in [1.165, 1.54) is 11.1 Å². The SMILES string of the molecule is CCOCCOc1cc(C)ccc1CNC(=NC)NCCCn1c(C)nc2ccccc21. The topological polar surface area (TPSA) is 72.7 Å². The Morgan fingerprint density at radius 3 is 2.75 bits per heavy atom. The first-order valence-electron chi connectivity index (χ1n) is 11.3. The molecule has 0 bridgehead atoms. The Labute approximate surface area is 190 Å². The van der Waals surface area contributed by atoms with Gasteiger partial charge in [-0.3, -0.25) is 4.99 Å². The lowest BCUT2D eigenvalue weighted by molar-refractivity contribution is 0.110. The van der Waals surface area contributed by atoms with Crippen LogP contribution in [0.2, 0.25) is 0 Å². The molecule has 0 spiro atoms. The Bertz CT molecular complexity index is 1030. The summed E-state index contributed by atoms with van der Waals surface area (Å²) < 4.78 is 13.6. The molecular weight excluding hydrogens is 402 g/mol. The van der Waals surface area contributed by atoms with Crippen molar-refractivity contribution in [1.82, 2.24) is 20.2 Å². The average Bonchev–Trinajstić information content (AvgIpc) is 3.12. The number of hydrogen-bond acceptors (Lipinski definition) is 4. The maximum Gasteiger partial charge on any atom is 0.191 e. The molecule has 0 fully saturated rings. The molecule has 3 rings (SSSR count). The largest absolute Gasteiger partial charge is 0.491 e. The van der Waals surface area contributed by atoms with Crippen molar-refractivity contribution in [3.63, 3.8) is 0 Å². The summed E-state index contributed by atoms with van der Waals surface area (Å²) in [5.41, 5.74) is 4.50. The molecule has 32 heavy (non-hydrogen) atoms. The van der Waals surface area contributed by atoms with Gasteiger partial charge in [0, 0.05) is 38.9 Å². The fourth-order valence-electron chi connectivity index (χ4n) is 3.62. The molecule has 0 aliphatic heterocycles. The highest BCUT2D eigenvalue weighted by atomic mass is 16.5. The molecule has 1 heterocycles. The maximum absolute atomic E-state index is 5.94. The van der Waals surface area contributed by atoms with Crippen LogP contribution in [0.25, 0.3) is 11.0 Å². The van der Waals surface area contributed by atoms with Crippen LogP contribution in [0.15, 0.2) is 47.5 Å². The summed E-state index contributed by atoms with van der Waals surface area (Å²) in [6.45, 7) is 10.3. The summed E-state index contributed by atoms with van der Waals surface area (Å²) in [5.74, 6) is 2.71. The minimum Gasteiger partial charge on any atom is -0.491 e. The number of aliphatic imine (C=N–C) groups is 1. The number of fused-ring (bicyclic) bond motifs is 1. The first kappa shape index (κ1) is 23.6. The van der Waals surface area contributed by atoms with E-state index in [0.717, 1.165) is 48.1 Å². The van der Waals surface area contributed by atoms with Gasteiger partial charge in [0.15, 0.2) is 5.96 Å². The molecule has 3 aromatic rings. The van der Waals surface area contributed by atoms with Gasteiger partial charge in [-0.1, -0.05) is 24.3 Å². The number of ether oxygens (including phenoxy) is 2. The number of benzene rings is 2. The van der Waals surface area contributed by atoms with E-state index in [4.69, 9.17) is 9.47 Å². The van der Waals surface area contributed by atoms with Gasteiger partial charge in [-0.15, -0.1) is 0 Å². The van der Waals surface area contributed by atoms with E-state index in [0.29, 0.717) is 26.4 Å². The van der Waals surface area contributed by atoms with Gasteiger partial charge < -0.3 is 24.7 Å². The Morgan fingerprint density at radius 1 is 1.09 bits per heavy atom. The van der Waals surface area contributed by atoms with E-state index in [-0.39, 0.29) is 0 Å². The molecule has 0 radical (unpaired) electrons. The number of rotatable bonds is 11. The Hall–Kier alpha value is -3.06. The Kier molecular flexibility index (Phi) is 8.92. The molecule has 0 aliphatic carbocycles. The second kappa shape index (κ2) is 12.1. The van der Waals surface area contributed by atoms with Crippen molar-refractivity contribution in [1.29, 1.82) is 0 Å². The zero-order valence-electron chi connectivity index (χ0n) is 19.6. The van der Waals surface area contributed by atoms with Crippen LogP contribution in [0.4, 0.5) is 0 Å². The Balaban J connectivity index is 1.48. The van der Waals surface area contributed by atoms with E-state index < -0.39 is 0 Å². The predicted octanol–water partition coefficient (Wildman–Crippen LogP) is 3.82. The lowest BCUT2D eigenvalue weighted by atomic mass is 10.1. The normalized spacial score (nSPS) is 11.7. The highest BCUT2D eigenvalue weighted by molar-refractivity contribution is 5.79. The number of hydrogen-bond donors (Lipinski definition) is 2. The highest BCUT2D eigenvalue weighted by Crippen LogP contribution is 2.20. The summed E-state index contributed by atoms with van der Waals surface area (Å²) in [6, 6.07) is 14.5. The van der Waals surface area contributed by atoms with Crippen LogP contribution in [0.5, 0.6) is 5.75 Å². The van der Waals surface area contributed by atoms with Gasteiger partial charge in [-0.2, -0.15) is 0 Å². The van der Waals surface area contributed by atoms with Crippen molar-refractivity contribution >= 4 is 17.0 Å². The van der Waals surface area contributed by atoms with Crippen LogP contribution < -0.4 is 15.4 Å². The molecular formula is C25H35N5O2. The van der Waals surface area contributed by atoms with E-state index in [1.807, 2.05) is 13.0 Å². The number of aromatic nitrogens is 2. The number of nitrogens with one attached hydrogen (secondary N) is 2. The first-order chi connectivity index (χ1) is 15.6. The molecule has 0 saturated heterocycles. The van der Waals surface area contributed by atoms with Crippen molar-refractivity contribution in [2.75, 3.05) is 33.4 Å². The zero-order valence-corrected chi connectivity index (χ0v) is 19.6. The van der Waals surface area contributed by atoms with Crippen molar-refractivity contribution < 1.29 is 9.47 Å². The zero-order chi connectivity index (χ0) is 22.8. The molecule has 0 aliphatic rings. The molecule has 0 unspecified atom stereocenters. The van der Waals surface area contributed by atoms with Crippen molar-refractivity contribution in [3.05, 3.63) is 59.4 Å². The summed E-state index contributed by atoms with van der Waals surface area (Å²) in [5, 5.41) is 6.80. The number of guanidine groups is 1. The third-order valence-electron chi connectivity index (χ3n) is 5.28. The second-order valence-electron chi connectivity index (χ2n) is 7.66. The van der Waals surface area contributed by atoms with Gasteiger partial charge >= 0.3 is 0 Å². The summed E-state index contributed by atoms with van der Waals surface area (Å²) in [7, 11) is 1.79. The van der Waals surface area contributed by atoms with Gasteiger partial charge in [-0.05, 0) is 51.0 Å². The third-order valence-corrected chi connectivity index (χ3v) is 5.28. The van der Waals surface area contributed by atoms with Crippen LogP contribution in [0.1, 0.15) is 30.3 Å². The van der Waals surface area contributed by atoms with E-state index in [9.17, 15) is 0 Å². The maximum atomic E-state index is 5.94. The lowest BCUT2D eigenvalue weighted by Gasteiger charge is -2.16. The van der Waals surface area contributed by atoms with Crippen LogP contribution in [-0.4, -0.2) is 48.9 Å². The van der Waals surface area contributed by atoms with Crippen molar-refractivity contribution in [3.8, 4) is 5.75 Å². The highest BCUT2D eigenvalue weighted by Gasteiger charge is 2.08. The smallest absolute Gasteiger partial charge is 0.191 e. The number of aryl methyl sites for hydroxylation is 3. The quantitative estimate of drug-likeness (QED) is 0.271. The summed E-state index contributed by atoms with van der Waals surface area (Å²) in [6.07, 6.45) is 0.970. The fraction of sp³-hybridized carbons (Fsp3) is 0.440. The molecule has 1 aromatic heterocycles. The van der Waals surface area contributed by atoms with E-state index in [1.54, 1.807) is 7.05 Å². The summed E-state index contributed by atoms with van der Waals surface area (Å²) >= 11 is 0.